The minimum absolute atomic E-state index is 0.256. The summed E-state index contributed by atoms with van der Waals surface area (Å²) < 4.78 is 65.3. The standard InChI is InChI=1S/C22H25ClF3N3O3S/c1-15-7-8-18(23)14-20(15)29(33(3,31)32)16(2)21(30)28-11-9-27(10-12-28)19-6-4-5-17(13-19)22(24,25)26/h4-8,13-14,16H,9-12H2,1-3H3. The summed E-state index contributed by atoms with van der Waals surface area (Å²) in [6, 6.07) is 8.87. The van der Waals surface area contributed by atoms with Crippen molar-refractivity contribution in [2.24, 2.45) is 0 Å². The van der Waals surface area contributed by atoms with Crippen LogP contribution in [0.3, 0.4) is 0 Å². The lowest BCUT2D eigenvalue weighted by atomic mass is 10.1. The number of amides is 1. The van der Waals surface area contributed by atoms with E-state index in [0.29, 0.717) is 35.1 Å². The SMILES string of the molecule is Cc1ccc(Cl)cc1N(C(C)C(=O)N1CCN(c2cccc(C(F)(F)F)c2)CC1)S(C)(=O)=O. The van der Waals surface area contributed by atoms with E-state index >= 15 is 0 Å². The molecule has 1 saturated heterocycles. The third-order valence-corrected chi connectivity index (χ3v) is 7.07. The smallest absolute Gasteiger partial charge is 0.368 e. The van der Waals surface area contributed by atoms with Gasteiger partial charge in [0.25, 0.3) is 0 Å². The van der Waals surface area contributed by atoms with Crippen LogP contribution >= 0.6 is 11.6 Å². The Hall–Kier alpha value is -2.46. The van der Waals surface area contributed by atoms with Gasteiger partial charge in [-0.1, -0.05) is 23.7 Å². The maximum absolute atomic E-state index is 13.2. The lowest BCUT2D eigenvalue weighted by Gasteiger charge is -2.39. The molecule has 0 radical (unpaired) electrons. The third-order valence-electron chi connectivity index (χ3n) is 5.61. The van der Waals surface area contributed by atoms with Gasteiger partial charge in [-0.25, -0.2) is 8.42 Å². The van der Waals surface area contributed by atoms with Gasteiger partial charge in [0.05, 0.1) is 17.5 Å². The van der Waals surface area contributed by atoms with Gasteiger partial charge in [-0.2, -0.15) is 13.2 Å². The summed E-state index contributed by atoms with van der Waals surface area (Å²) in [4.78, 5) is 16.5. The Kier molecular flexibility index (Phi) is 7.18. The zero-order valence-corrected chi connectivity index (χ0v) is 20.0. The van der Waals surface area contributed by atoms with Crippen molar-refractivity contribution in [2.45, 2.75) is 26.1 Å². The predicted molar refractivity (Wildman–Crippen MR) is 123 cm³/mol. The lowest BCUT2D eigenvalue weighted by Crippen LogP contribution is -2.55. The number of rotatable bonds is 5. The Morgan fingerprint density at radius 1 is 1.09 bits per heavy atom. The van der Waals surface area contributed by atoms with Crippen LogP contribution in [0, 0.1) is 6.92 Å². The second-order valence-electron chi connectivity index (χ2n) is 8.03. The molecule has 0 aromatic heterocycles. The van der Waals surface area contributed by atoms with Crippen molar-refractivity contribution in [3.8, 4) is 0 Å². The van der Waals surface area contributed by atoms with Crippen molar-refractivity contribution >= 4 is 38.9 Å². The number of hydrogen-bond donors (Lipinski definition) is 0. The highest BCUT2D eigenvalue weighted by Gasteiger charge is 2.35. The highest BCUT2D eigenvalue weighted by Crippen LogP contribution is 2.32. The number of nitrogens with zero attached hydrogens (tertiary/aromatic N) is 3. The van der Waals surface area contributed by atoms with Crippen LogP contribution in [-0.2, 0) is 21.0 Å². The molecule has 0 bridgehead atoms. The van der Waals surface area contributed by atoms with Gasteiger partial charge in [0.2, 0.25) is 15.9 Å². The summed E-state index contributed by atoms with van der Waals surface area (Å²) in [5, 5.41) is 0.346. The third kappa shape index (κ3) is 5.73. The van der Waals surface area contributed by atoms with Crippen molar-refractivity contribution in [3.05, 3.63) is 58.6 Å². The van der Waals surface area contributed by atoms with E-state index in [4.69, 9.17) is 11.6 Å². The van der Waals surface area contributed by atoms with Crippen LogP contribution in [0.1, 0.15) is 18.1 Å². The van der Waals surface area contributed by atoms with Crippen LogP contribution in [0.2, 0.25) is 5.02 Å². The van der Waals surface area contributed by atoms with Gasteiger partial charge in [0, 0.05) is 36.9 Å². The summed E-state index contributed by atoms with van der Waals surface area (Å²) in [6.45, 7) is 4.42. The Bertz CT molecular complexity index is 1130. The normalized spacial score (nSPS) is 16.0. The van der Waals surface area contributed by atoms with Crippen LogP contribution < -0.4 is 9.21 Å². The molecule has 0 spiro atoms. The number of anilines is 2. The highest BCUT2D eigenvalue weighted by atomic mass is 35.5. The van der Waals surface area contributed by atoms with Crippen LogP contribution in [0.5, 0.6) is 0 Å². The van der Waals surface area contributed by atoms with Gasteiger partial charge in [-0.3, -0.25) is 9.10 Å². The number of carbonyl (C=O) groups excluding carboxylic acids is 1. The van der Waals surface area contributed by atoms with E-state index in [1.807, 2.05) is 0 Å². The molecule has 2 aromatic carbocycles. The van der Waals surface area contributed by atoms with Crippen molar-refractivity contribution in [1.29, 1.82) is 0 Å². The molecule has 1 atom stereocenters. The van der Waals surface area contributed by atoms with E-state index in [2.05, 4.69) is 0 Å². The molecule has 1 heterocycles. The average Bonchev–Trinajstić information content (AvgIpc) is 2.74. The summed E-state index contributed by atoms with van der Waals surface area (Å²) in [7, 11) is -3.80. The van der Waals surface area contributed by atoms with Crippen LogP contribution in [0.25, 0.3) is 0 Å². The molecule has 2 aromatic rings. The number of aryl methyl sites for hydroxylation is 1. The van der Waals surface area contributed by atoms with Crippen molar-refractivity contribution < 1.29 is 26.4 Å². The number of benzene rings is 2. The number of hydrogen-bond acceptors (Lipinski definition) is 4. The fourth-order valence-corrected chi connectivity index (χ4v) is 5.31. The summed E-state index contributed by atoms with van der Waals surface area (Å²) in [5.74, 6) is -0.386. The Balaban J connectivity index is 1.76. The molecule has 0 N–H and O–H groups in total. The summed E-state index contributed by atoms with van der Waals surface area (Å²) >= 11 is 6.06. The monoisotopic (exact) mass is 503 g/mol. The Morgan fingerprint density at radius 2 is 1.73 bits per heavy atom. The lowest BCUT2D eigenvalue weighted by molar-refractivity contribution is -0.137. The maximum atomic E-state index is 13.2. The molecule has 1 aliphatic heterocycles. The minimum Gasteiger partial charge on any atom is -0.368 e. The molecule has 1 unspecified atom stereocenters. The molecule has 0 saturated carbocycles. The molecule has 1 aliphatic rings. The molecule has 11 heteroatoms. The summed E-state index contributed by atoms with van der Waals surface area (Å²) in [6.07, 6.45) is -3.40. The average molecular weight is 504 g/mol. The zero-order chi connectivity index (χ0) is 24.6. The Labute approximate surface area is 196 Å². The van der Waals surface area contributed by atoms with E-state index in [-0.39, 0.29) is 19.0 Å². The first-order valence-corrected chi connectivity index (χ1v) is 12.5. The fourth-order valence-electron chi connectivity index (χ4n) is 3.92. The highest BCUT2D eigenvalue weighted by molar-refractivity contribution is 7.92. The molecule has 6 nitrogen and oxygen atoms in total. The van der Waals surface area contributed by atoms with Crippen LogP contribution in [-0.4, -0.2) is 57.7 Å². The van der Waals surface area contributed by atoms with Gasteiger partial charge in [0.15, 0.2) is 0 Å². The van der Waals surface area contributed by atoms with E-state index in [1.54, 1.807) is 30.0 Å². The van der Waals surface area contributed by atoms with E-state index in [9.17, 15) is 26.4 Å². The molecule has 180 valence electrons. The molecule has 1 amide bonds. The van der Waals surface area contributed by atoms with E-state index in [1.165, 1.54) is 24.0 Å². The zero-order valence-electron chi connectivity index (χ0n) is 18.4. The molecular weight excluding hydrogens is 479 g/mol. The van der Waals surface area contributed by atoms with Gasteiger partial charge < -0.3 is 9.80 Å². The molecule has 3 rings (SSSR count). The van der Waals surface area contributed by atoms with Crippen LogP contribution in [0.4, 0.5) is 24.5 Å². The molecule has 1 fully saturated rings. The van der Waals surface area contributed by atoms with Gasteiger partial charge >= 0.3 is 6.18 Å². The van der Waals surface area contributed by atoms with Gasteiger partial charge in [-0.05, 0) is 49.7 Å². The number of piperazine rings is 1. The maximum Gasteiger partial charge on any atom is 0.416 e. The molecule has 0 aliphatic carbocycles. The first kappa shape index (κ1) is 25.2. The molecule has 33 heavy (non-hydrogen) atoms. The topological polar surface area (TPSA) is 60.9 Å². The Morgan fingerprint density at radius 3 is 2.30 bits per heavy atom. The number of carbonyl (C=O) groups is 1. The van der Waals surface area contributed by atoms with Crippen molar-refractivity contribution in [3.63, 3.8) is 0 Å². The second kappa shape index (κ2) is 9.42. The quantitative estimate of drug-likeness (QED) is 0.614. The number of halogens is 4. The van der Waals surface area contributed by atoms with E-state index in [0.717, 1.165) is 22.7 Å². The second-order valence-corrected chi connectivity index (χ2v) is 10.3. The van der Waals surface area contributed by atoms with Crippen molar-refractivity contribution in [2.75, 3.05) is 41.6 Å². The van der Waals surface area contributed by atoms with Crippen molar-refractivity contribution in [1.82, 2.24) is 4.90 Å². The van der Waals surface area contributed by atoms with Crippen LogP contribution in [0.15, 0.2) is 42.5 Å². The van der Waals surface area contributed by atoms with Gasteiger partial charge in [-0.15, -0.1) is 0 Å². The first-order chi connectivity index (χ1) is 15.3. The van der Waals surface area contributed by atoms with Gasteiger partial charge in [0.1, 0.15) is 6.04 Å². The van der Waals surface area contributed by atoms with E-state index < -0.39 is 27.8 Å². The summed E-state index contributed by atoms with van der Waals surface area (Å²) in [5.41, 5.74) is 0.678. The fraction of sp³-hybridized carbons (Fsp3) is 0.409. The predicted octanol–water partition coefficient (Wildman–Crippen LogP) is 4.17. The molecular formula is C22H25ClF3N3O3S. The first-order valence-electron chi connectivity index (χ1n) is 10.3. The number of alkyl halides is 3. The number of sulfonamides is 1. The minimum atomic E-state index is -4.43. The largest absolute Gasteiger partial charge is 0.416 e.